The predicted molar refractivity (Wildman–Crippen MR) is 53.4 cm³/mol. The molecule has 0 aliphatic heterocycles. The third kappa shape index (κ3) is 1.67. The van der Waals surface area contributed by atoms with Gasteiger partial charge in [0.1, 0.15) is 5.82 Å². The molecular formula is C9H12N4O. The lowest BCUT2D eigenvalue weighted by molar-refractivity contribution is -0.118. The Labute approximate surface area is 81.5 Å². The van der Waals surface area contributed by atoms with E-state index in [1.54, 1.807) is 12.1 Å². The van der Waals surface area contributed by atoms with Gasteiger partial charge in [-0.2, -0.15) is 0 Å². The van der Waals surface area contributed by atoms with Crippen molar-refractivity contribution in [2.45, 2.75) is 18.4 Å². The Morgan fingerprint density at radius 3 is 2.71 bits per heavy atom. The lowest BCUT2D eigenvalue weighted by Gasteiger charge is -2.09. The van der Waals surface area contributed by atoms with E-state index in [4.69, 9.17) is 11.5 Å². The molecule has 1 amide bonds. The highest BCUT2D eigenvalue weighted by molar-refractivity contribution is 5.99. The van der Waals surface area contributed by atoms with Crippen LogP contribution in [0.4, 0.5) is 11.5 Å². The molecule has 0 atom stereocenters. The van der Waals surface area contributed by atoms with Gasteiger partial charge in [-0.15, -0.1) is 0 Å². The van der Waals surface area contributed by atoms with Gasteiger partial charge in [0.25, 0.3) is 0 Å². The lowest BCUT2D eigenvalue weighted by atomic mass is 10.2. The maximum Gasteiger partial charge on any atom is 0.244 e. The molecule has 5 nitrogen and oxygen atoms in total. The van der Waals surface area contributed by atoms with Gasteiger partial charge in [-0.05, 0) is 25.0 Å². The molecule has 1 fully saturated rings. The fourth-order valence-electron chi connectivity index (χ4n) is 1.10. The Kier molecular flexibility index (Phi) is 1.89. The molecule has 5 N–H and O–H groups in total. The molecule has 1 aliphatic rings. The second-order valence-electron chi connectivity index (χ2n) is 3.58. The topological polar surface area (TPSA) is 94.0 Å². The van der Waals surface area contributed by atoms with Crippen molar-refractivity contribution < 1.29 is 4.79 Å². The van der Waals surface area contributed by atoms with Crippen molar-refractivity contribution in [3.8, 4) is 0 Å². The number of rotatable bonds is 2. The molecule has 14 heavy (non-hydrogen) atoms. The molecule has 74 valence electrons. The van der Waals surface area contributed by atoms with Crippen LogP contribution in [-0.4, -0.2) is 16.4 Å². The molecule has 0 aromatic carbocycles. The van der Waals surface area contributed by atoms with E-state index >= 15 is 0 Å². The maximum absolute atomic E-state index is 11.5. The molecule has 0 spiro atoms. The number of aromatic nitrogens is 1. The van der Waals surface area contributed by atoms with Crippen LogP contribution in [0.1, 0.15) is 12.8 Å². The Balaban J connectivity index is 2.04. The van der Waals surface area contributed by atoms with Gasteiger partial charge in [0.2, 0.25) is 5.91 Å². The molecule has 1 saturated carbocycles. The summed E-state index contributed by atoms with van der Waals surface area (Å²) >= 11 is 0. The summed E-state index contributed by atoms with van der Waals surface area (Å²) in [4.78, 5) is 15.3. The van der Waals surface area contributed by atoms with E-state index in [-0.39, 0.29) is 5.91 Å². The number of nitrogens with one attached hydrogen (secondary N) is 1. The monoisotopic (exact) mass is 192 g/mol. The molecule has 2 rings (SSSR count). The van der Waals surface area contributed by atoms with E-state index in [9.17, 15) is 4.79 Å². The van der Waals surface area contributed by atoms with Crippen LogP contribution < -0.4 is 16.8 Å². The van der Waals surface area contributed by atoms with Gasteiger partial charge >= 0.3 is 0 Å². The third-order valence-corrected chi connectivity index (χ3v) is 2.29. The number of hydrogen-bond acceptors (Lipinski definition) is 4. The van der Waals surface area contributed by atoms with Crippen molar-refractivity contribution in [2.75, 3.05) is 11.1 Å². The first-order chi connectivity index (χ1) is 6.60. The predicted octanol–water partition coefficient (Wildman–Crippen LogP) is 0.0936. The zero-order chi connectivity index (χ0) is 10.2. The van der Waals surface area contributed by atoms with Gasteiger partial charge < -0.3 is 16.8 Å². The number of nitrogens with zero attached hydrogens (tertiary/aromatic N) is 1. The number of carbonyl (C=O) groups excluding carboxylic acids is 1. The summed E-state index contributed by atoms with van der Waals surface area (Å²) < 4.78 is 0. The van der Waals surface area contributed by atoms with Crippen molar-refractivity contribution >= 4 is 17.4 Å². The first-order valence-corrected chi connectivity index (χ1v) is 4.42. The number of pyridine rings is 1. The van der Waals surface area contributed by atoms with Crippen LogP contribution in [0.2, 0.25) is 0 Å². The normalized spacial score (nSPS) is 17.5. The van der Waals surface area contributed by atoms with Crippen molar-refractivity contribution in [2.24, 2.45) is 5.73 Å². The summed E-state index contributed by atoms with van der Waals surface area (Å²) in [7, 11) is 0. The standard InChI is InChI=1S/C9H12N4O/c10-7-2-1-6(5-12-7)13-8(14)9(11)3-4-9/h1-2,5H,3-4,11H2,(H2,10,12)(H,13,14). The molecule has 0 radical (unpaired) electrons. The summed E-state index contributed by atoms with van der Waals surface area (Å²) in [6.07, 6.45) is 3.02. The first-order valence-electron chi connectivity index (χ1n) is 4.42. The van der Waals surface area contributed by atoms with Gasteiger partial charge in [-0.25, -0.2) is 4.98 Å². The van der Waals surface area contributed by atoms with Crippen molar-refractivity contribution in [3.63, 3.8) is 0 Å². The smallest absolute Gasteiger partial charge is 0.244 e. The minimum Gasteiger partial charge on any atom is -0.384 e. The van der Waals surface area contributed by atoms with Crippen molar-refractivity contribution in [3.05, 3.63) is 18.3 Å². The fraction of sp³-hybridized carbons (Fsp3) is 0.333. The molecule has 5 heteroatoms. The number of hydrogen-bond donors (Lipinski definition) is 3. The van der Waals surface area contributed by atoms with Crippen LogP contribution in [-0.2, 0) is 4.79 Å². The zero-order valence-electron chi connectivity index (χ0n) is 7.66. The zero-order valence-corrected chi connectivity index (χ0v) is 7.66. The van der Waals surface area contributed by atoms with Crippen LogP contribution in [0.3, 0.4) is 0 Å². The third-order valence-electron chi connectivity index (χ3n) is 2.29. The molecule has 1 aromatic heterocycles. The van der Waals surface area contributed by atoms with Gasteiger partial charge in [-0.1, -0.05) is 0 Å². The Morgan fingerprint density at radius 2 is 2.21 bits per heavy atom. The Hall–Kier alpha value is -1.62. The summed E-state index contributed by atoms with van der Waals surface area (Å²) in [6, 6.07) is 3.33. The SMILES string of the molecule is Nc1ccc(NC(=O)C2(N)CC2)cn1. The Morgan fingerprint density at radius 1 is 1.50 bits per heavy atom. The number of nitrogens with two attached hydrogens (primary N) is 2. The van der Waals surface area contributed by atoms with Crippen LogP contribution in [0.15, 0.2) is 18.3 Å². The molecule has 0 saturated heterocycles. The van der Waals surface area contributed by atoms with Crippen molar-refractivity contribution in [1.29, 1.82) is 0 Å². The summed E-state index contributed by atoms with van der Waals surface area (Å²) in [5.74, 6) is 0.279. The molecule has 1 heterocycles. The van der Waals surface area contributed by atoms with Crippen molar-refractivity contribution in [1.82, 2.24) is 4.98 Å². The minimum absolute atomic E-state index is 0.149. The van der Waals surface area contributed by atoms with Gasteiger partial charge in [0.15, 0.2) is 0 Å². The minimum atomic E-state index is -0.651. The number of anilines is 2. The van der Waals surface area contributed by atoms with Gasteiger partial charge in [-0.3, -0.25) is 4.79 Å². The highest BCUT2D eigenvalue weighted by Crippen LogP contribution is 2.33. The van der Waals surface area contributed by atoms with Gasteiger partial charge in [0, 0.05) is 0 Å². The number of amides is 1. The van der Waals surface area contributed by atoms with E-state index in [0.29, 0.717) is 11.5 Å². The quantitative estimate of drug-likeness (QED) is 0.619. The second kappa shape index (κ2) is 2.95. The van der Waals surface area contributed by atoms with E-state index in [0.717, 1.165) is 12.8 Å². The lowest BCUT2D eigenvalue weighted by Crippen LogP contribution is -2.37. The maximum atomic E-state index is 11.5. The second-order valence-corrected chi connectivity index (χ2v) is 3.58. The first kappa shape index (κ1) is 8.96. The largest absolute Gasteiger partial charge is 0.384 e. The highest BCUT2D eigenvalue weighted by Gasteiger charge is 2.45. The molecular weight excluding hydrogens is 180 g/mol. The van der Waals surface area contributed by atoms with E-state index in [1.165, 1.54) is 6.20 Å². The molecule has 1 aromatic rings. The van der Waals surface area contributed by atoms with Crippen LogP contribution in [0.5, 0.6) is 0 Å². The van der Waals surface area contributed by atoms with E-state index < -0.39 is 5.54 Å². The number of carbonyl (C=O) groups is 1. The summed E-state index contributed by atoms with van der Waals surface area (Å²) in [5.41, 5.74) is 11.1. The molecule has 0 bridgehead atoms. The Bertz CT molecular complexity index is 356. The summed E-state index contributed by atoms with van der Waals surface area (Å²) in [5, 5.41) is 2.69. The van der Waals surface area contributed by atoms with Crippen LogP contribution in [0.25, 0.3) is 0 Å². The number of nitrogen functional groups attached to an aromatic ring is 1. The molecule has 1 aliphatic carbocycles. The average Bonchev–Trinajstić information content (AvgIpc) is 2.89. The molecule has 0 unspecified atom stereocenters. The fourth-order valence-corrected chi connectivity index (χ4v) is 1.10. The highest BCUT2D eigenvalue weighted by atomic mass is 16.2. The van der Waals surface area contributed by atoms with Crippen LogP contribution >= 0.6 is 0 Å². The van der Waals surface area contributed by atoms with E-state index in [2.05, 4.69) is 10.3 Å². The van der Waals surface area contributed by atoms with Gasteiger partial charge in [0.05, 0.1) is 17.4 Å². The van der Waals surface area contributed by atoms with Crippen LogP contribution in [0, 0.1) is 0 Å². The van der Waals surface area contributed by atoms with E-state index in [1.807, 2.05) is 0 Å². The summed E-state index contributed by atoms with van der Waals surface area (Å²) in [6.45, 7) is 0. The average molecular weight is 192 g/mol.